The van der Waals surface area contributed by atoms with Crippen molar-refractivity contribution in [2.24, 2.45) is 5.92 Å². The van der Waals surface area contributed by atoms with Gasteiger partial charge in [-0.15, -0.1) is 0 Å². The summed E-state index contributed by atoms with van der Waals surface area (Å²) in [6.07, 6.45) is 2.90. The Balaban J connectivity index is 1.78. The molecule has 2 aliphatic carbocycles. The molecule has 0 aromatic heterocycles. The summed E-state index contributed by atoms with van der Waals surface area (Å²) in [6.45, 7) is 0. The molecule has 2 fully saturated rings. The van der Waals surface area contributed by atoms with Gasteiger partial charge in [-0.1, -0.05) is 49.2 Å². The molecule has 29 heavy (non-hydrogen) atoms. The number of hydrogen-bond acceptors (Lipinski definition) is 5. The van der Waals surface area contributed by atoms with E-state index in [2.05, 4.69) is 0 Å². The zero-order valence-corrected chi connectivity index (χ0v) is 17.8. The summed E-state index contributed by atoms with van der Waals surface area (Å²) in [4.78, 5) is 0.350. The van der Waals surface area contributed by atoms with Crippen molar-refractivity contribution in [3.05, 3.63) is 60.7 Å². The fourth-order valence-electron chi connectivity index (χ4n) is 5.08. The molecule has 0 aliphatic heterocycles. The highest BCUT2D eigenvalue weighted by Crippen LogP contribution is 2.49. The summed E-state index contributed by atoms with van der Waals surface area (Å²) in [5, 5.41) is 9.58. The van der Waals surface area contributed by atoms with Crippen LogP contribution in [-0.2, 0) is 19.7 Å². The lowest BCUT2D eigenvalue weighted by Crippen LogP contribution is -2.59. The van der Waals surface area contributed by atoms with E-state index in [9.17, 15) is 21.9 Å². The van der Waals surface area contributed by atoms with Crippen molar-refractivity contribution in [3.8, 4) is 0 Å². The zero-order valence-electron chi connectivity index (χ0n) is 16.1. The van der Waals surface area contributed by atoms with Gasteiger partial charge in [0.1, 0.15) is 0 Å². The lowest BCUT2D eigenvalue weighted by molar-refractivity contribution is -0.0699. The molecule has 4 atom stereocenters. The monoisotopic (exact) mass is 434 g/mol. The molecule has 0 radical (unpaired) electrons. The van der Waals surface area contributed by atoms with Crippen molar-refractivity contribution in [1.82, 2.24) is 0 Å². The number of rotatable bonds is 4. The van der Waals surface area contributed by atoms with Gasteiger partial charge in [-0.25, -0.2) is 16.8 Å². The molecular weight excluding hydrogens is 408 g/mol. The highest BCUT2D eigenvalue weighted by Gasteiger charge is 2.57. The Bertz CT molecular complexity index is 1060. The summed E-state index contributed by atoms with van der Waals surface area (Å²) in [6, 6.07) is 16.3. The quantitative estimate of drug-likeness (QED) is 0.797. The third-order valence-electron chi connectivity index (χ3n) is 6.63. The smallest absolute Gasteiger partial charge is 0.184 e. The summed E-state index contributed by atoms with van der Waals surface area (Å²) < 4.78 is 53.6. The Morgan fingerprint density at radius 2 is 1.31 bits per heavy atom. The molecular formula is C22H26O5S2. The van der Waals surface area contributed by atoms with E-state index in [4.69, 9.17) is 0 Å². The summed E-state index contributed by atoms with van der Waals surface area (Å²) in [7, 11) is -7.57. The van der Waals surface area contributed by atoms with Gasteiger partial charge in [0.25, 0.3) is 0 Å². The molecule has 5 nitrogen and oxygen atoms in total. The second kappa shape index (κ2) is 7.52. The maximum Gasteiger partial charge on any atom is 0.184 e. The van der Waals surface area contributed by atoms with Crippen molar-refractivity contribution in [2.75, 3.05) is 0 Å². The molecule has 2 aromatic rings. The van der Waals surface area contributed by atoms with Gasteiger partial charge in [-0.3, -0.25) is 0 Å². The number of benzene rings is 2. The molecule has 7 heteroatoms. The van der Waals surface area contributed by atoms with Gasteiger partial charge in [0.05, 0.1) is 25.9 Å². The number of aliphatic hydroxyl groups is 1. The second-order valence-corrected chi connectivity index (χ2v) is 12.6. The van der Waals surface area contributed by atoms with Crippen molar-refractivity contribution in [3.63, 3.8) is 0 Å². The first-order chi connectivity index (χ1) is 13.8. The molecule has 0 saturated heterocycles. The first-order valence-corrected chi connectivity index (χ1v) is 13.2. The van der Waals surface area contributed by atoms with Gasteiger partial charge in [-0.2, -0.15) is 0 Å². The molecule has 0 bridgehead atoms. The predicted molar refractivity (Wildman–Crippen MR) is 111 cm³/mol. The lowest BCUT2D eigenvalue weighted by Gasteiger charge is -2.50. The van der Waals surface area contributed by atoms with E-state index in [0.717, 1.165) is 12.8 Å². The van der Waals surface area contributed by atoms with E-state index in [1.54, 1.807) is 48.5 Å². The Kier molecular flexibility index (Phi) is 5.34. The number of hydrogen-bond donors (Lipinski definition) is 1. The van der Waals surface area contributed by atoms with Crippen LogP contribution >= 0.6 is 0 Å². The maximum atomic E-state index is 13.5. The van der Waals surface area contributed by atoms with Gasteiger partial charge in [0.15, 0.2) is 19.7 Å². The average molecular weight is 435 g/mol. The van der Waals surface area contributed by atoms with Crippen LogP contribution in [0.2, 0.25) is 0 Å². The summed E-state index contributed by atoms with van der Waals surface area (Å²) in [5.74, 6) is -0.336. The van der Waals surface area contributed by atoms with Crippen molar-refractivity contribution in [1.29, 1.82) is 0 Å². The normalized spacial score (nSPS) is 30.4. The molecule has 0 amide bonds. The van der Waals surface area contributed by atoms with E-state index < -0.39 is 35.8 Å². The van der Waals surface area contributed by atoms with Crippen LogP contribution in [0.5, 0.6) is 0 Å². The molecule has 4 rings (SSSR count). The average Bonchev–Trinajstić information content (AvgIpc) is 2.73. The molecule has 0 unspecified atom stereocenters. The zero-order chi connectivity index (χ0) is 20.7. The first-order valence-electron chi connectivity index (χ1n) is 10.1. The third kappa shape index (κ3) is 3.53. The van der Waals surface area contributed by atoms with Gasteiger partial charge in [0, 0.05) is 0 Å². The standard InChI is InChI=1S/C22H26O5S2/c23-22-14-8-7-9-17(22)15-20(28(24,25)18-10-3-1-4-11-18)16-21(22)29(26,27)19-12-5-2-6-13-19/h1-6,10-13,17,20-21,23H,7-9,14-16H2/t17-,20-,21-,22+/m0/s1. The third-order valence-corrected chi connectivity index (χ3v) is 11.1. The highest BCUT2D eigenvalue weighted by molar-refractivity contribution is 7.93. The van der Waals surface area contributed by atoms with Crippen LogP contribution in [0.3, 0.4) is 0 Å². The Labute approximate surface area is 172 Å². The van der Waals surface area contributed by atoms with Crippen LogP contribution in [0, 0.1) is 5.92 Å². The van der Waals surface area contributed by atoms with Gasteiger partial charge < -0.3 is 5.11 Å². The highest BCUT2D eigenvalue weighted by atomic mass is 32.2. The SMILES string of the molecule is O=S(=O)(c1ccccc1)[C@H]1C[C@@H]2CCCC[C@]2(O)[C@@H](S(=O)(=O)c2ccccc2)C1. The van der Waals surface area contributed by atoms with Crippen LogP contribution in [0.1, 0.15) is 38.5 Å². The van der Waals surface area contributed by atoms with E-state index >= 15 is 0 Å². The van der Waals surface area contributed by atoms with E-state index in [1.165, 1.54) is 12.1 Å². The number of sulfone groups is 2. The van der Waals surface area contributed by atoms with Crippen LogP contribution in [-0.4, -0.2) is 38.0 Å². The molecule has 2 aliphatic rings. The Morgan fingerprint density at radius 3 is 1.90 bits per heavy atom. The van der Waals surface area contributed by atoms with Crippen LogP contribution < -0.4 is 0 Å². The molecule has 0 spiro atoms. The topological polar surface area (TPSA) is 88.5 Å². The molecule has 156 valence electrons. The van der Waals surface area contributed by atoms with Crippen LogP contribution in [0.4, 0.5) is 0 Å². The summed E-state index contributed by atoms with van der Waals surface area (Å²) in [5.41, 5.74) is -1.38. The molecule has 2 saturated carbocycles. The Morgan fingerprint density at radius 1 is 0.759 bits per heavy atom. The molecule has 0 heterocycles. The molecule has 2 aromatic carbocycles. The second-order valence-electron chi connectivity index (χ2n) is 8.23. The van der Waals surface area contributed by atoms with E-state index in [0.29, 0.717) is 19.3 Å². The largest absolute Gasteiger partial charge is 0.388 e. The Hall–Kier alpha value is -1.70. The van der Waals surface area contributed by atoms with Gasteiger partial charge >= 0.3 is 0 Å². The van der Waals surface area contributed by atoms with Crippen molar-refractivity contribution < 1.29 is 21.9 Å². The minimum absolute atomic E-state index is 0.0819. The number of fused-ring (bicyclic) bond motifs is 1. The van der Waals surface area contributed by atoms with E-state index in [1.807, 2.05) is 0 Å². The molecule has 1 N–H and O–H groups in total. The first kappa shape index (κ1) is 20.6. The predicted octanol–water partition coefficient (Wildman–Crippen LogP) is 3.39. The minimum atomic E-state index is -3.88. The maximum absolute atomic E-state index is 13.5. The lowest BCUT2D eigenvalue weighted by atomic mass is 9.67. The fourth-order valence-corrected chi connectivity index (χ4v) is 9.25. The minimum Gasteiger partial charge on any atom is -0.388 e. The summed E-state index contributed by atoms with van der Waals surface area (Å²) >= 11 is 0. The van der Waals surface area contributed by atoms with Crippen LogP contribution in [0.15, 0.2) is 70.5 Å². The fraction of sp³-hybridized carbons (Fsp3) is 0.455. The van der Waals surface area contributed by atoms with Crippen LogP contribution in [0.25, 0.3) is 0 Å². The van der Waals surface area contributed by atoms with Gasteiger partial charge in [0.2, 0.25) is 0 Å². The van der Waals surface area contributed by atoms with E-state index in [-0.39, 0.29) is 22.1 Å². The van der Waals surface area contributed by atoms with Gasteiger partial charge in [-0.05, 0) is 55.9 Å². The van der Waals surface area contributed by atoms with Crippen molar-refractivity contribution in [2.45, 2.75) is 64.4 Å². The van der Waals surface area contributed by atoms with Crippen molar-refractivity contribution >= 4 is 19.7 Å².